The number of hydrogen-bond donors (Lipinski definition) is 2. The van der Waals surface area contributed by atoms with E-state index in [-0.39, 0.29) is 24.3 Å². The number of rotatable bonds is 6. The number of aryl methyl sites for hydroxylation is 2. The highest BCUT2D eigenvalue weighted by atomic mass is 35.5. The molecule has 0 fully saturated rings. The number of quaternary nitrogens is 1. The summed E-state index contributed by atoms with van der Waals surface area (Å²) in [6.07, 6.45) is 0. The molecule has 0 spiro atoms. The Morgan fingerprint density at radius 3 is 2.40 bits per heavy atom. The highest BCUT2D eigenvalue weighted by molar-refractivity contribution is 6.34. The van der Waals surface area contributed by atoms with Gasteiger partial charge in [0.2, 0.25) is 0 Å². The van der Waals surface area contributed by atoms with E-state index in [1.807, 2.05) is 31.3 Å². The summed E-state index contributed by atoms with van der Waals surface area (Å²) in [6.45, 7) is 8.33. The lowest BCUT2D eigenvalue weighted by Gasteiger charge is -2.20. The molecular formula is C20H25ClFN2O+. The Labute approximate surface area is 153 Å². The first kappa shape index (κ1) is 19.4. The van der Waals surface area contributed by atoms with Gasteiger partial charge < -0.3 is 10.6 Å². The van der Waals surface area contributed by atoms with Crippen molar-refractivity contribution in [3.05, 3.63) is 63.9 Å². The minimum absolute atomic E-state index is 0.0842. The third-order valence-corrected chi connectivity index (χ3v) is 4.52. The fourth-order valence-electron chi connectivity index (χ4n) is 2.98. The summed E-state index contributed by atoms with van der Waals surface area (Å²) in [4.78, 5) is 12.4. The van der Waals surface area contributed by atoms with E-state index in [0.29, 0.717) is 16.6 Å². The Morgan fingerprint density at radius 2 is 1.84 bits per heavy atom. The fourth-order valence-corrected chi connectivity index (χ4v) is 3.35. The van der Waals surface area contributed by atoms with E-state index in [1.54, 1.807) is 12.1 Å². The van der Waals surface area contributed by atoms with E-state index < -0.39 is 0 Å². The molecule has 2 aromatic rings. The van der Waals surface area contributed by atoms with E-state index >= 15 is 0 Å². The molecule has 0 aromatic heterocycles. The fraction of sp³-hybridized carbons (Fsp3) is 0.350. The molecule has 0 saturated carbocycles. The van der Waals surface area contributed by atoms with Crippen LogP contribution in [-0.4, -0.2) is 12.5 Å². The van der Waals surface area contributed by atoms with Crippen LogP contribution >= 0.6 is 11.6 Å². The number of halogens is 2. The molecular weight excluding hydrogens is 339 g/mol. The van der Waals surface area contributed by atoms with E-state index in [1.165, 1.54) is 12.1 Å². The molecule has 0 bridgehead atoms. The van der Waals surface area contributed by atoms with Gasteiger partial charge in [0.15, 0.2) is 6.54 Å². The third kappa shape index (κ3) is 5.28. The van der Waals surface area contributed by atoms with Gasteiger partial charge in [-0.25, -0.2) is 4.39 Å². The number of nitrogens with one attached hydrogen (secondary N) is 1. The Balaban J connectivity index is 2.03. The Kier molecular flexibility index (Phi) is 6.57. The molecule has 0 heterocycles. The first-order valence-corrected chi connectivity index (χ1v) is 8.81. The van der Waals surface area contributed by atoms with Crippen LogP contribution in [0.1, 0.15) is 36.6 Å². The van der Waals surface area contributed by atoms with Crippen molar-refractivity contribution in [1.82, 2.24) is 0 Å². The number of carbonyl (C=O) groups excluding carboxylic acids is 1. The van der Waals surface area contributed by atoms with Crippen molar-refractivity contribution in [1.29, 1.82) is 0 Å². The van der Waals surface area contributed by atoms with Crippen molar-refractivity contribution in [2.45, 2.75) is 33.7 Å². The van der Waals surface area contributed by atoms with Crippen LogP contribution in [0.2, 0.25) is 5.02 Å². The van der Waals surface area contributed by atoms with Gasteiger partial charge in [-0.1, -0.05) is 43.6 Å². The van der Waals surface area contributed by atoms with Gasteiger partial charge in [0, 0.05) is 11.5 Å². The van der Waals surface area contributed by atoms with Crippen molar-refractivity contribution in [2.75, 3.05) is 11.9 Å². The highest BCUT2D eigenvalue weighted by Crippen LogP contribution is 2.27. The molecule has 3 N–H and O–H groups in total. The van der Waals surface area contributed by atoms with Crippen molar-refractivity contribution in [3.63, 3.8) is 0 Å². The third-order valence-electron chi connectivity index (χ3n) is 4.23. The van der Waals surface area contributed by atoms with Crippen LogP contribution in [0.5, 0.6) is 0 Å². The molecule has 25 heavy (non-hydrogen) atoms. The largest absolute Gasteiger partial charge is 0.332 e. The zero-order chi connectivity index (χ0) is 18.6. The van der Waals surface area contributed by atoms with Gasteiger partial charge in [0.1, 0.15) is 11.9 Å². The van der Waals surface area contributed by atoms with Gasteiger partial charge >= 0.3 is 0 Å². The first-order chi connectivity index (χ1) is 11.8. The summed E-state index contributed by atoms with van der Waals surface area (Å²) in [5.41, 5.74) is 3.67. The standard InChI is InChI=1S/C20H24ClFN2O/c1-12(2)19(15-5-7-16(22)8-6-15)23-11-18(25)24-20-14(4)9-13(3)10-17(20)21/h5-10,12,19,23H,11H2,1-4H3,(H,24,25)/p+1/t19-/m0/s1. The molecule has 0 unspecified atom stereocenters. The Bertz CT molecular complexity index is 721. The lowest BCUT2D eigenvalue weighted by molar-refractivity contribution is -0.692. The van der Waals surface area contributed by atoms with Crippen molar-refractivity contribution >= 4 is 23.2 Å². The SMILES string of the molecule is Cc1cc(C)c(NC(=O)C[NH2+][C@H](c2ccc(F)cc2)C(C)C)c(Cl)c1. The summed E-state index contributed by atoms with van der Waals surface area (Å²) in [5.74, 6) is -0.0573. The van der Waals surface area contributed by atoms with Crippen molar-refractivity contribution in [2.24, 2.45) is 5.92 Å². The molecule has 0 aliphatic heterocycles. The van der Waals surface area contributed by atoms with Crippen LogP contribution in [0, 0.1) is 25.6 Å². The van der Waals surface area contributed by atoms with E-state index in [2.05, 4.69) is 19.2 Å². The molecule has 134 valence electrons. The molecule has 2 aromatic carbocycles. The number of nitrogens with two attached hydrogens (primary N) is 1. The number of amides is 1. The van der Waals surface area contributed by atoms with Gasteiger partial charge in [0.25, 0.3) is 5.91 Å². The monoisotopic (exact) mass is 363 g/mol. The minimum Gasteiger partial charge on any atom is -0.332 e. The Hall–Kier alpha value is -1.91. The topological polar surface area (TPSA) is 45.7 Å². The summed E-state index contributed by atoms with van der Waals surface area (Å²) in [5, 5.41) is 5.42. The Morgan fingerprint density at radius 1 is 1.20 bits per heavy atom. The second-order valence-corrected chi connectivity index (χ2v) is 7.16. The maximum atomic E-state index is 13.1. The van der Waals surface area contributed by atoms with Gasteiger partial charge in [-0.2, -0.15) is 0 Å². The lowest BCUT2D eigenvalue weighted by Crippen LogP contribution is -2.88. The van der Waals surface area contributed by atoms with Crippen molar-refractivity contribution < 1.29 is 14.5 Å². The highest BCUT2D eigenvalue weighted by Gasteiger charge is 2.21. The zero-order valence-corrected chi connectivity index (χ0v) is 15.8. The second kappa shape index (κ2) is 8.45. The predicted molar refractivity (Wildman–Crippen MR) is 100 cm³/mol. The second-order valence-electron chi connectivity index (χ2n) is 6.75. The maximum absolute atomic E-state index is 13.1. The molecule has 2 rings (SSSR count). The number of hydrogen-bond acceptors (Lipinski definition) is 1. The van der Waals surface area contributed by atoms with Gasteiger partial charge in [-0.3, -0.25) is 4.79 Å². The van der Waals surface area contributed by atoms with Crippen LogP contribution in [0.15, 0.2) is 36.4 Å². The molecule has 1 amide bonds. The normalized spacial score (nSPS) is 12.3. The molecule has 3 nitrogen and oxygen atoms in total. The number of anilines is 1. The van der Waals surface area contributed by atoms with Crippen LogP contribution in [-0.2, 0) is 4.79 Å². The molecule has 0 radical (unpaired) electrons. The molecule has 0 aliphatic carbocycles. The average molecular weight is 364 g/mol. The summed E-state index contributed by atoms with van der Waals surface area (Å²) < 4.78 is 13.1. The maximum Gasteiger partial charge on any atom is 0.279 e. The zero-order valence-electron chi connectivity index (χ0n) is 15.1. The van der Waals surface area contributed by atoms with E-state index in [9.17, 15) is 9.18 Å². The first-order valence-electron chi connectivity index (χ1n) is 8.43. The summed E-state index contributed by atoms with van der Waals surface area (Å²) in [7, 11) is 0. The summed E-state index contributed by atoms with van der Waals surface area (Å²) in [6, 6.07) is 10.4. The predicted octanol–water partition coefficient (Wildman–Crippen LogP) is 4.00. The van der Waals surface area contributed by atoms with E-state index in [0.717, 1.165) is 16.7 Å². The van der Waals surface area contributed by atoms with E-state index in [4.69, 9.17) is 11.6 Å². The molecule has 0 saturated heterocycles. The number of carbonyl (C=O) groups is 1. The van der Waals surface area contributed by atoms with Crippen molar-refractivity contribution in [3.8, 4) is 0 Å². The molecule has 5 heteroatoms. The van der Waals surface area contributed by atoms with Crippen LogP contribution in [0.3, 0.4) is 0 Å². The van der Waals surface area contributed by atoms with Crippen LogP contribution in [0.25, 0.3) is 0 Å². The summed E-state index contributed by atoms with van der Waals surface area (Å²) >= 11 is 6.24. The van der Waals surface area contributed by atoms with Gasteiger partial charge in [-0.05, 0) is 43.2 Å². The lowest BCUT2D eigenvalue weighted by atomic mass is 9.96. The molecule has 1 atom stereocenters. The quantitative estimate of drug-likeness (QED) is 0.800. The van der Waals surface area contributed by atoms with Crippen LogP contribution in [0.4, 0.5) is 10.1 Å². The smallest absolute Gasteiger partial charge is 0.279 e. The average Bonchev–Trinajstić information content (AvgIpc) is 2.52. The van der Waals surface area contributed by atoms with Crippen LogP contribution < -0.4 is 10.6 Å². The van der Waals surface area contributed by atoms with Gasteiger partial charge in [0.05, 0.1) is 10.7 Å². The molecule has 0 aliphatic rings. The minimum atomic E-state index is -0.256. The number of benzene rings is 2. The van der Waals surface area contributed by atoms with Gasteiger partial charge in [-0.15, -0.1) is 0 Å².